The van der Waals surface area contributed by atoms with Gasteiger partial charge in [0.15, 0.2) is 0 Å². The van der Waals surface area contributed by atoms with Crippen LogP contribution in [0, 0.1) is 6.92 Å². The van der Waals surface area contributed by atoms with Gasteiger partial charge < -0.3 is 15.7 Å². The third kappa shape index (κ3) is 5.45. The van der Waals surface area contributed by atoms with E-state index in [1.807, 2.05) is 0 Å². The lowest BCUT2D eigenvalue weighted by Crippen LogP contribution is -2.49. The number of nitrogens with zero attached hydrogens (tertiary/aromatic N) is 1. The third-order valence-corrected chi connectivity index (χ3v) is 3.93. The van der Waals surface area contributed by atoms with Crippen molar-refractivity contribution < 1.29 is 27.9 Å². The van der Waals surface area contributed by atoms with Crippen molar-refractivity contribution in [2.24, 2.45) is 0 Å². The number of amides is 2. The number of hydrogen-bond donors (Lipinski definition) is 3. The van der Waals surface area contributed by atoms with Crippen LogP contribution in [-0.2, 0) is 15.2 Å². The highest BCUT2D eigenvalue weighted by molar-refractivity contribution is 7.09. The Kier molecular flexibility index (Phi) is 5.99. The van der Waals surface area contributed by atoms with Gasteiger partial charge in [-0.15, -0.1) is 11.3 Å². The molecule has 6 nitrogen and oxygen atoms in total. The molecule has 0 aliphatic rings. The molecule has 2 amide bonds. The van der Waals surface area contributed by atoms with E-state index in [1.54, 1.807) is 20.8 Å². The molecule has 0 bridgehead atoms. The minimum absolute atomic E-state index is 0.308. The summed E-state index contributed by atoms with van der Waals surface area (Å²) in [4.78, 5) is 27.0. The van der Waals surface area contributed by atoms with E-state index < -0.39 is 47.1 Å². The van der Waals surface area contributed by atoms with E-state index in [2.05, 4.69) is 15.6 Å². The Morgan fingerprint density at radius 2 is 1.83 bits per heavy atom. The summed E-state index contributed by atoms with van der Waals surface area (Å²) in [6.45, 7) is 6.16. The smallest absolute Gasteiger partial charge is 0.374 e. The maximum Gasteiger partial charge on any atom is 0.424 e. The van der Waals surface area contributed by atoms with Crippen LogP contribution in [0.5, 0.6) is 0 Å². The molecule has 136 valence electrons. The lowest BCUT2D eigenvalue weighted by molar-refractivity contribution is -0.267. The number of halogens is 3. The zero-order chi connectivity index (χ0) is 18.8. The Hall–Kier alpha value is -1.68. The molecule has 1 rings (SSSR count). The fourth-order valence-electron chi connectivity index (χ4n) is 1.78. The number of aromatic nitrogens is 1. The van der Waals surface area contributed by atoms with E-state index in [-0.39, 0.29) is 0 Å². The molecule has 1 aromatic rings. The quantitative estimate of drug-likeness (QED) is 0.738. The molecule has 1 atom stereocenters. The second-order valence-electron chi connectivity index (χ2n) is 6.40. The Balaban J connectivity index is 2.78. The predicted molar refractivity (Wildman–Crippen MR) is 82.3 cm³/mol. The second kappa shape index (κ2) is 7.06. The van der Waals surface area contributed by atoms with Gasteiger partial charge in [-0.3, -0.25) is 9.59 Å². The number of hydrogen-bond acceptors (Lipinski definition) is 5. The molecule has 0 unspecified atom stereocenters. The van der Waals surface area contributed by atoms with Crippen LogP contribution in [0.2, 0.25) is 0 Å². The van der Waals surface area contributed by atoms with E-state index in [4.69, 9.17) is 0 Å². The summed E-state index contributed by atoms with van der Waals surface area (Å²) < 4.78 is 39.7. The van der Waals surface area contributed by atoms with Crippen molar-refractivity contribution in [3.8, 4) is 0 Å². The van der Waals surface area contributed by atoms with Crippen LogP contribution in [0.25, 0.3) is 0 Å². The van der Waals surface area contributed by atoms with Gasteiger partial charge in [0.1, 0.15) is 5.01 Å². The molecule has 0 aliphatic carbocycles. The van der Waals surface area contributed by atoms with Crippen molar-refractivity contribution >= 4 is 23.2 Å². The highest BCUT2D eigenvalue weighted by Gasteiger charge is 2.58. The van der Waals surface area contributed by atoms with Crippen LogP contribution < -0.4 is 10.6 Å². The van der Waals surface area contributed by atoms with Crippen molar-refractivity contribution in [1.82, 2.24) is 15.6 Å². The summed E-state index contributed by atoms with van der Waals surface area (Å²) in [5.74, 6) is -1.65. The van der Waals surface area contributed by atoms with E-state index in [1.165, 1.54) is 12.3 Å². The van der Waals surface area contributed by atoms with Crippen molar-refractivity contribution in [2.45, 2.75) is 51.4 Å². The highest BCUT2D eigenvalue weighted by Crippen LogP contribution is 2.42. The molecule has 10 heteroatoms. The summed E-state index contributed by atoms with van der Waals surface area (Å²) in [6.07, 6.45) is -6.35. The summed E-state index contributed by atoms with van der Waals surface area (Å²) in [5.41, 5.74) is -3.62. The molecule has 0 spiro atoms. The molecule has 1 heterocycles. The highest BCUT2D eigenvalue weighted by atomic mass is 32.1. The molecule has 1 aromatic heterocycles. The number of carbonyl (C=O) groups is 2. The molecule has 24 heavy (non-hydrogen) atoms. The van der Waals surface area contributed by atoms with Gasteiger partial charge in [0, 0.05) is 16.6 Å². The van der Waals surface area contributed by atoms with Crippen LogP contribution in [0.15, 0.2) is 5.38 Å². The van der Waals surface area contributed by atoms with Gasteiger partial charge in [0.2, 0.25) is 17.4 Å². The second-order valence-corrected chi connectivity index (χ2v) is 7.26. The molecule has 0 radical (unpaired) electrons. The first-order valence-electron chi connectivity index (χ1n) is 7.04. The van der Waals surface area contributed by atoms with Gasteiger partial charge in [-0.05, 0) is 27.7 Å². The summed E-state index contributed by atoms with van der Waals surface area (Å²) >= 11 is 0.617. The SMILES string of the molecule is Cc1csc([C@@](O)(CC(=O)NCC(=O)NC(C)(C)C)C(F)(F)F)n1. The Bertz CT molecular complexity index is 610. The standard InChI is InChI=1S/C14H20F3N3O3S/c1-8-7-24-11(19-8)13(23,14(15,16)17)5-9(21)18-6-10(22)20-12(2,3)4/h7,23H,5-6H2,1-4H3,(H,18,21)(H,20,22)/t13-/m0/s1. The number of rotatable bonds is 5. The first-order chi connectivity index (χ1) is 10.7. The maximum atomic E-state index is 13.2. The largest absolute Gasteiger partial charge is 0.424 e. The van der Waals surface area contributed by atoms with Gasteiger partial charge in [-0.1, -0.05) is 0 Å². The van der Waals surface area contributed by atoms with Gasteiger partial charge >= 0.3 is 6.18 Å². The van der Waals surface area contributed by atoms with Crippen LogP contribution in [0.4, 0.5) is 13.2 Å². The van der Waals surface area contributed by atoms with Crippen molar-refractivity contribution in [3.63, 3.8) is 0 Å². The zero-order valence-electron chi connectivity index (χ0n) is 13.7. The van der Waals surface area contributed by atoms with Crippen molar-refractivity contribution in [3.05, 3.63) is 16.1 Å². The van der Waals surface area contributed by atoms with Crippen LogP contribution in [0.1, 0.15) is 37.9 Å². The number of nitrogens with one attached hydrogen (secondary N) is 2. The van der Waals surface area contributed by atoms with Gasteiger partial charge in [-0.25, -0.2) is 4.98 Å². The molecule has 0 saturated heterocycles. The van der Waals surface area contributed by atoms with E-state index in [0.29, 0.717) is 17.0 Å². The molecular formula is C14H20F3N3O3S. The minimum atomic E-state index is -5.08. The van der Waals surface area contributed by atoms with Crippen LogP contribution in [0.3, 0.4) is 0 Å². The molecule has 0 saturated carbocycles. The molecule has 0 aromatic carbocycles. The summed E-state index contributed by atoms with van der Waals surface area (Å²) in [6, 6.07) is 0. The van der Waals surface area contributed by atoms with E-state index in [0.717, 1.165) is 0 Å². The topological polar surface area (TPSA) is 91.3 Å². The maximum absolute atomic E-state index is 13.2. The van der Waals surface area contributed by atoms with Crippen molar-refractivity contribution in [1.29, 1.82) is 0 Å². The first-order valence-corrected chi connectivity index (χ1v) is 7.92. The average molecular weight is 367 g/mol. The molecular weight excluding hydrogens is 347 g/mol. The monoisotopic (exact) mass is 367 g/mol. The van der Waals surface area contributed by atoms with Crippen LogP contribution >= 0.6 is 11.3 Å². The third-order valence-electron chi connectivity index (χ3n) is 2.82. The number of aliphatic hydroxyl groups is 1. The molecule has 0 aliphatic heterocycles. The Morgan fingerprint density at radius 3 is 2.25 bits per heavy atom. The Morgan fingerprint density at radius 1 is 1.25 bits per heavy atom. The number of thiazole rings is 1. The van der Waals surface area contributed by atoms with E-state index in [9.17, 15) is 27.9 Å². The lowest BCUT2D eigenvalue weighted by atomic mass is 9.99. The van der Waals surface area contributed by atoms with E-state index >= 15 is 0 Å². The zero-order valence-corrected chi connectivity index (χ0v) is 14.6. The fourth-order valence-corrected chi connectivity index (χ4v) is 2.69. The summed E-state index contributed by atoms with van der Waals surface area (Å²) in [7, 11) is 0. The van der Waals surface area contributed by atoms with Crippen LogP contribution in [-0.4, -0.2) is 40.2 Å². The van der Waals surface area contributed by atoms with Crippen molar-refractivity contribution in [2.75, 3.05) is 6.54 Å². The number of aryl methyl sites for hydroxylation is 1. The molecule has 0 fully saturated rings. The first kappa shape index (κ1) is 20.4. The number of carbonyl (C=O) groups excluding carboxylic acids is 2. The average Bonchev–Trinajstić information content (AvgIpc) is 2.80. The van der Waals surface area contributed by atoms with Gasteiger partial charge in [-0.2, -0.15) is 13.2 Å². The fraction of sp³-hybridized carbons (Fsp3) is 0.643. The van der Waals surface area contributed by atoms with Gasteiger partial charge in [0.25, 0.3) is 0 Å². The Labute approximate surface area is 141 Å². The predicted octanol–water partition coefficient (Wildman–Crippen LogP) is 1.62. The normalized spacial score (nSPS) is 14.8. The summed E-state index contributed by atoms with van der Waals surface area (Å²) in [5, 5.41) is 15.4. The molecule has 3 N–H and O–H groups in total. The minimum Gasteiger partial charge on any atom is -0.374 e. The lowest BCUT2D eigenvalue weighted by Gasteiger charge is -2.28. The van der Waals surface area contributed by atoms with Gasteiger partial charge in [0.05, 0.1) is 13.0 Å². The number of alkyl halides is 3.